The highest BCUT2D eigenvalue weighted by Gasteiger charge is 2.28. The Morgan fingerprint density at radius 3 is 2.57 bits per heavy atom. The van der Waals surface area contributed by atoms with E-state index in [0.717, 1.165) is 13.1 Å². The van der Waals surface area contributed by atoms with E-state index in [1.165, 1.54) is 37.4 Å². The van der Waals surface area contributed by atoms with E-state index in [9.17, 15) is 17.2 Å². The number of rotatable bonds is 5. The first-order valence-corrected chi connectivity index (χ1v) is 11.0. The summed E-state index contributed by atoms with van der Waals surface area (Å²) in [5.41, 5.74) is 0.00192. The Labute approximate surface area is 177 Å². The number of fused-ring (bicyclic) bond motifs is 1. The third-order valence-corrected chi connectivity index (χ3v) is 6.80. The molecule has 0 spiro atoms. The molecule has 0 bridgehead atoms. The lowest BCUT2D eigenvalue weighted by atomic mass is 10.2. The van der Waals surface area contributed by atoms with Gasteiger partial charge in [0.15, 0.2) is 0 Å². The molecular weight excluding hydrogens is 438 g/mol. The zero-order valence-electron chi connectivity index (χ0n) is 16.0. The Balaban J connectivity index is 1.87. The zero-order valence-corrected chi connectivity index (χ0v) is 17.6. The van der Waals surface area contributed by atoms with Crippen LogP contribution in [-0.4, -0.2) is 50.9 Å². The van der Waals surface area contributed by atoms with Crippen LogP contribution in [0.5, 0.6) is 5.75 Å². The topological polar surface area (TPSA) is 76.5 Å². The second-order valence-electron chi connectivity index (χ2n) is 6.77. The highest BCUT2D eigenvalue weighted by molar-refractivity contribution is 7.90. The predicted molar refractivity (Wildman–Crippen MR) is 110 cm³/mol. The average Bonchev–Trinajstić information content (AvgIpc) is 3.13. The first-order chi connectivity index (χ1) is 14.3. The van der Waals surface area contributed by atoms with Gasteiger partial charge in [-0.25, -0.2) is 8.78 Å². The molecule has 2 aromatic carbocycles. The number of nitrogens with one attached hydrogen (secondary N) is 1. The average molecular weight is 457 g/mol. The summed E-state index contributed by atoms with van der Waals surface area (Å²) in [4.78, 5) is 1.93. The summed E-state index contributed by atoms with van der Waals surface area (Å²) in [5.74, 6) is 0.525. The van der Waals surface area contributed by atoms with Crippen LogP contribution in [0, 0.1) is 0 Å². The van der Waals surface area contributed by atoms with Gasteiger partial charge in [0.05, 0.1) is 23.2 Å². The lowest BCUT2D eigenvalue weighted by Gasteiger charge is -2.30. The maximum absolute atomic E-state index is 13.5. The summed E-state index contributed by atoms with van der Waals surface area (Å²) >= 11 is 5.99. The molecule has 2 heterocycles. The fraction of sp³-hybridized carbons (Fsp3) is 0.316. The number of anilines is 1. The van der Waals surface area contributed by atoms with Crippen LogP contribution in [0.15, 0.2) is 41.3 Å². The summed E-state index contributed by atoms with van der Waals surface area (Å²) in [6, 6.07) is 8.49. The molecule has 1 aliphatic rings. The van der Waals surface area contributed by atoms with Gasteiger partial charge in [-0.3, -0.25) is 0 Å². The molecule has 4 rings (SSSR count). The van der Waals surface area contributed by atoms with Gasteiger partial charge in [0, 0.05) is 36.6 Å². The maximum atomic E-state index is 13.5. The van der Waals surface area contributed by atoms with Crippen molar-refractivity contribution in [2.45, 2.75) is 11.3 Å². The Morgan fingerprint density at radius 1 is 1.17 bits per heavy atom. The lowest BCUT2D eigenvalue weighted by Crippen LogP contribution is -2.43. The van der Waals surface area contributed by atoms with E-state index >= 15 is 0 Å². The van der Waals surface area contributed by atoms with E-state index in [1.807, 2.05) is 4.90 Å². The molecule has 1 aromatic heterocycles. The van der Waals surface area contributed by atoms with Gasteiger partial charge in [-0.15, -0.1) is 0 Å². The van der Waals surface area contributed by atoms with E-state index in [2.05, 4.69) is 10.4 Å². The fourth-order valence-corrected chi connectivity index (χ4v) is 4.98. The SMILES string of the molecule is COc1ccc(S(=O)(=O)n2nc(C(F)F)c3ccc(Cl)cc32)cc1N1CCNCC1. The third-order valence-electron chi connectivity index (χ3n) is 4.98. The maximum Gasteiger partial charge on any atom is 0.283 e. The largest absolute Gasteiger partial charge is 0.495 e. The number of nitrogens with zero attached hydrogens (tertiary/aromatic N) is 3. The van der Waals surface area contributed by atoms with Crippen LogP contribution in [0.25, 0.3) is 10.9 Å². The molecule has 30 heavy (non-hydrogen) atoms. The van der Waals surface area contributed by atoms with E-state index in [1.54, 1.807) is 6.07 Å². The number of aromatic nitrogens is 2. The van der Waals surface area contributed by atoms with Crippen molar-refractivity contribution in [3.05, 3.63) is 47.1 Å². The predicted octanol–water partition coefficient (Wildman–Crippen LogP) is 3.28. The molecule has 1 N–H and O–H groups in total. The summed E-state index contributed by atoms with van der Waals surface area (Å²) < 4.78 is 59.7. The molecule has 0 saturated carbocycles. The number of benzene rings is 2. The minimum atomic E-state index is -4.27. The van der Waals surface area contributed by atoms with Crippen LogP contribution in [-0.2, 0) is 10.0 Å². The smallest absolute Gasteiger partial charge is 0.283 e. The van der Waals surface area contributed by atoms with Gasteiger partial charge in [0.25, 0.3) is 16.4 Å². The molecule has 7 nitrogen and oxygen atoms in total. The Morgan fingerprint density at radius 2 is 1.90 bits per heavy atom. The molecule has 0 amide bonds. The molecule has 1 saturated heterocycles. The third kappa shape index (κ3) is 3.59. The minimum Gasteiger partial charge on any atom is -0.495 e. The number of alkyl halides is 2. The number of hydrogen-bond donors (Lipinski definition) is 1. The first kappa shape index (κ1) is 20.8. The standard InChI is InChI=1S/C19H19ClF2N4O3S/c1-29-17-5-3-13(11-16(17)25-8-6-23-7-9-25)30(27,28)26-15-10-12(20)2-4-14(15)18(24-26)19(21)22/h2-5,10-11,19,23H,6-9H2,1H3. The Hall–Kier alpha value is -2.43. The molecule has 1 fully saturated rings. The quantitative estimate of drug-likeness (QED) is 0.635. The van der Waals surface area contributed by atoms with Gasteiger partial charge >= 0.3 is 0 Å². The van der Waals surface area contributed by atoms with Gasteiger partial charge in [0.2, 0.25) is 0 Å². The van der Waals surface area contributed by atoms with Crippen molar-refractivity contribution in [1.82, 2.24) is 14.5 Å². The molecule has 3 aromatic rings. The second-order valence-corrected chi connectivity index (χ2v) is 8.97. The molecule has 0 unspecified atom stereocenters. The summed E-state index contributed by atoms with van der Waals surface area (Å²) in [7, 11) is -2.76. The number of hydrogen-bond acceptors (Lipinski definition) is 6. The number of halogens is 3. The van der Waals surface area contributed by atoms with Crippen molar-refractivity contribution in [1.29, 1.82) is 0 Å². The van der Waals surface area contributed by atoms with Gasteiger partial charge in [-0.2, -0.15) is 17.6 Å². The Kier molecular flexibility index (Phi) is 5.56. The molecule has 0 radical (unpaired) electrons. The molecule has 0 aliphatic carbocycles. The van der Waals surface area contributed by atoms with Crippen molar-refractivity contribution < 1.29 is 21.9 Å². The summed E-state index contributed by atoms with van der Waals surface area (Å²) in [6.45, 7) is 2.85. The van der Waals surface area contributed by atoms with E-state index < -0.39 is 22.1 Å². The number of methoxy groups -OCH3 is 1. The summed E-state index contributed by atoms with van der Waals surface area (Å²) in [5, 5.41) is 7.22. The number of piperazine rings is 1. The zero-order chi connectivity index (χ0) is 21.5. The normalized spacial score (nSPS) is 15.2. The Bertz CT molecular complexity index is 1190. The van der Waals surface area contributed by atoms with Crippen molar-refractivity contribution in [3.63, 3.8) is 0 Å². The molecule has 0 atom stereocenters. The van der Waals surface area contributed by atoms with Crippen LogP contribution >= 0.6 is 11.6 Å². The van der Waals surface area contributed by atoms with Gasteiger partial charge in [-0.1, -0.05) is 11.6 Å². The molecular formula is C19H19ClF2N4O3S. The van der Waals surface area contributed by atoms with Gasteiger partial charge in [-0.05, 0) is 36.4 Å². The van der Waals surface area contributed by atoms with Gasteiger partial charge in [0.1, 0.15) is 11.4 Å². The van der Waals surface area contributed by atoms with Crippen molar-refractivity contribution >= 4 is 38.2 Å². The highest BCUT2D eigenvalue weighted by atomic mass is 35.5. The number of ether oxygens (including phenoxy) is 1. The van der Waals surface area contributed by atoms with Crippen molar-refractivity contribution in [3.8, 4) is 5.75 Å². The van der Waals surface area contributed by atoms with Crippen LogP contribution in [0.4, 0.5) is 14.5 Å². The van der Waals surface area contributed by atoms with E-state index in [-0.39, 0.29) is 20.8 Å². The minimum absolute atomic E-state index is 0.00246. The van der Waals surface area contributed by atoms with Crippen molar-refractivity contribution in [2.75, 3.05) is 38.2 Å². The van der Waals surface area contributed by atoms with Crippen LogP contribution < -0.4 is 15.0 Å². The van der Waals surface area contributed by atoms with E-state index in [0.29, 0.717) is 28.6 Å². The molecule has 11 heteroatoms. The highest BCUT2D eigenvalue weighted by Crippen LogP contribution is 2.34. The lowest BCUT2D eigenvalue weighted by molar-refractivity contribution is 0.147. The van der Waals surface area contributed by atoms with Crippen molar-refractivity contribution in [2.24, 2.45) is 0 Å². The van der Waals surface area contributed by atoms with Crippen LogP contribution in [0.2, 0.25) is 5.02 Å². The molecule has 160 valence electrons. The van der Waals surface area contributed by atoms with Crippen LogP contribution in [0.1, 0.15) is 12.1 Å². The molecule has 1 aliphatic heterocycles. The summed E-state index contributed by atoms with van der Waals surface area (Å²) in [6.07, 6.45) is -2.93. The first-order valence-electron chi connectivity index (χ1n) is 9.18. The van der Waals surface area contributed by atoms with Crippen LogP contribution in [0.3, 0.4) is 0 Å². The monoisotopic (exact) mass is 456 g/mol. The van der Waals surface area contributed by atoms with E-state index in [4.69, 9.17) is 16.3 Å². The fourth-order valence-electron chi connectivity index (χ4n) is 3.51. The van der Waals surface area contributed by atoms with Gasteiger partial charge < -0.3 is 15.0 Å². The second kappa shape index (κ2) is 8.01.